The van der Waals surface area contributed by atoms with Crippen LogP contribution in [0.15, 0.2) is 36.7 Å². The summed E-state index contributed by atoms with van der Waals surface area (Å²) < 4.78 is 7.61. The average Bonchev–Trinajstić information content (AvgIpc) is 3.43. The number of amides is 4. The molecule has 0 saturated heterocycles. The summed E-state index contributed by atoms with van der Waals surface area (Å²) in [5, 5.41) is 11.1. The highest BCUT2D eigenvalue weighted by molar-refractivity contribution is 6.38. The van der Waals surface area contributed by atoms with E-state index in [2.05, 4.69) is 26.3 Å². The number of carbonyl (C=O) groups is 5. The largest absolute Gasteiger partial charge is 0.486 e. The fraction of sp³-hybridized carbons (Fsp3) is 0.588. The van der Waals surface area contributed by atoms with Gasteiger partial charge in [0.25, 0.3) is 11.8 Å². The quantitative estimate of drug-likeness (QED) is 0.231. The van der Waals surface area contributed by atoms with Crippen LogP contribution in [0.3, 0.4) is 0 Å². The molecule has 12 nitrogen and oxygen atoms in total. The number of carbonyl (C=O) groups excluding carboxylic acids is 5. The van der Waals surface area contributed by atoms with Crippen molar-refractivity contribution in [3.8, 4) is 5.75 Å². The van der Waals surface area contributed by atoms with Crippen molar-refractivity contribution in [1.29, 1.82) is 0 Å². The number of Topliss-reactive ketones (excluding diaryl/α,β-unsaturated/α-hetero) is 1. The molecular weight excluding hydrogens is 588 g/mol. The zero-order valence-corrected chi connectivity index (χ0v) is 28.1. The number of nitrogens with one attached hydrogen (secondary N) is 4. The Hall–Kier alpha value is -4.22. The number of nitrogens with zero attached hydrogens (tertiary/aromatic N) is 2. The van der Waals surface area contributed by atoms with E-state index in [9.17, 15) is 24.0 Å². The number of aromatic nitrogens is 2. The van der Waals surface area contributed by atoms with E-state index >= 15 is 0 Å². The molecule has 0 bridgehead atoms. The predicted octanol–water partition coefficient (Wildman–Crippen LogP) is 3.05. The first-order chi connectivity index (χ1) is 21.7. The summed E-state index contributed by atoms with van der Waals surface area (Å²) in [6, 6.07) is 4.70. The summed E-state index contributed by atoms with van der Waals surface area (Å²) in [7, 11) is 1.88. The molecule has 1 aromatic heterocycles. The Kier molecular flexibility index (Phi) is 12.9. The molecule has 4 N–H and O–H groups in total. The van der Waals surface area contributed by atoms with Crippen LogP contribution in [0.2, 0.25) is 0 Å². The van der Waals surface area contributed by atoms with E-state index in [1.807, 2.05) is 38.6 Å². The number of ketones is 1. The number of hydrogen-bond donors (Lipinski definition) is 4. The highest BCUT2D eigenvalue weighted by Crippen LogP contribution is 2.21. The van der Waals surface area contributed by atoms with Gasteiger partial charge in [-0.3, -0.25) is 24.0 Å². The molecule has 0 aliphatic heterocycles. The third-order valence-electron chi connectivity index (χ3n) is 8.25. The highest BCUT2D eigenvalue weighted by atomic mass is 16.5. The molecule has 0 spiro atoms. The summed E-state index contributed by atoms with van der Waals surface area (Å²) in [5.41, 5.74) is -0.284. The molecule has 1 heterocycles. The Balaban J connectivity index is 1.53. The summed E-state index contributed by atoms with van der Waals surface area (Å²) in [5.74, 6) is -2.36. The second-order valence-corrected chi connectivity index (χ2v) is 13.6. The van der Waals surface area contributed by atoms with Crippen molar-refractivity contribution in [2.75, 3.05) is 6.54 Å². The fourth-order valence-electron chi connectivity index (χ4n) is 5.20. The first kappa shape index (κ1) is 36.3. The third-order valence-corrected chi connectivity index (χ3v) is 8.25. The van der Waals surface area contributed by atoms with Crippen LogP contribution in [0.5, 0.6) is 5.75 Å². The Morgan fingerprint density at radius 2 is 1.61 bits per heavy atom. The maximum Gasteiger partial charge on any atom is 0.289 e. The van der Waals surface area contributed by atoms with E-state index in [1.165, 1.54) is 0 Å². The van der Waals surface area contributed by atoms with Crippen molar-refractivity contribution >= 4 is 29.4 Å². The Bertz CT molecular complexity index is 1360. The Labute approximate surface area is 271 Å². The van der Waals surface area contributed by atoms with Crippen LogP contribution in [0.4, 0.5) is 0 Å². The zero-order valence-electron chi connectivity index (χ0n) is 28.1. The zero-order chi connectivity index (χ0) is 34.0. The standard InChI is InChI=1S/C34H50N6O6/c1-21(2)27(28(41)32(44)37-24-11-9-8-10-12-24)38-30(42)22(3)19-36-33(45)29(34(4,5)6)39-31(43)23-13-15-25(16-14-23)46-20-26-35-17-18-40(26)7/h13-18,21-22,24,27,29H,8-12,19-20H2,1-7H3,(H,36,45)(H,37,44)(H,38,42)(H,39,43)/t22-,27+,29-/m1/s1. The van der Waals surface area contributed by atoms with Crippen molar-refractivity contribution in [1.82, 2.24) is 30.8 Å². The lowest BCUT2D eigenvalue weighted by Gasteiger charge is -2.31. The van der Waals surface area contributed by atoms with E-state index in [-0.39, 0.29) is 25.1 Å². The monoisotopic (exact) mass is 638 g/mol. The predicted molar refractivity (Wildman–Crippen MR) is 174 cm³/mol. The van der Waals surface area contributed by atoms with Crippen LogP contribution in [0.25, 0.3) is 0 Å². The van der Waals surface area contributed by atoms with Gasteiger partial charge in [0, 0.05) is 37.6 Å². The van der Waals surface area contributed by atoms with Gasteiger partial charge in [-0.2, -0.15) is 0 Å². The van der Waals surface area contributed by atoms with Crippen molar-refractivity contribution in [3.05, 3.63) is 48.0 Å². The topological polar surface area (TPSA) is 161 Å². The number of hydrogen-bond acceptors (Lipinski definition) is 7. The SMILES string of the molecule is CC(C)[C@H](NC(=O)[C@H](C)CNC(=O)[C@@H](NC(=O)c1ccc(OCc2nccn2C)cc1)C(C)(C)C)C(=O)C(=O)NC1CCCCC1. The van der Waals surface area contributed by atoms with E-state index < -0.39 is 52.8 Å². The second kappa shape index (κ2) is 16.4. The first-order valence-corrected chi connectivity index (χ1v) is 16.1. The minimum Gasteiger partial charge on any atom is -0.486 e. The highest BCUT2D eigenvalue weighted by Gasteiger charge is 2.35. The van der Waals surface area contributed by atoms with Gasteiger partial charge < -0.3 is 30.6 Å². The van der Waals surface area contributed by atoms with E-state index in [0.29, 0.717) is 11.3 Å². The molecule has 1 saturated carbocycles. The lowest BCUT2D eigenvalue weighted by Crippen LogP contribution is -2.55. The normalized spacial score (nSPS) is 15.7. The van der Waals surface area contributed by atoms with Crippen molar-refractivity contribution in [2.45, 2.75) is 98.4 Å². The van der Waals surface area contributed by atoms with Gasteiger partial charge in [0.15, 0.2) is 0 Å². The van der Waals surface area contributed by atoms with Gasteiger partial charge in [-0.1, -0.05) is 60.8 Å². The molecule has 1 aliphatic rings. The second-order valence-electron chi connectivity index (χ2n) is 13.6. The third kappa shape index (κ3) is 10.4. The molecule has 1 fully saturated rings. The van der Waals surface area contributed by atoms with Crippen LogP contribution < -0.4 is 26.0 Å². The Morgan fingerprint density at radius 1 is 0.957 bits per heavy atom. The van der Waals surface area contributed by atoms with Crippen LogP contribution in [-0.2, 0) is 32.8 Å². The summed E-state index contributed by atoms with van der Waals surface area (Å²) in [4.78, 5) is 69.3. The van der Waals surface area contributed by atoms with E-state index in [0.717, 1.165) is 37.9 Å². The van der Waals surface area contributed by atoms with Crippen LogP contribution in [-0.4, -0.2) is 63.6 Å². The minimum atomic E-state index is -0.984. The molecule has 0 radical (unpaired) electrons. The maximum absolute atomic E-state index is 13.3. The lowest BCUT2D eigenvalue weighted by atomic mass is 9.85. The number of rotatable bonds is 14. The van der Waals surface area contributed by atoms with Crippen LogP contribution in [0.1, 0.15) is 89.8 Å². The van der Waals surface area contributed by atoms with Crippen molar-refractivity contribution in [3.63, 3.8) is 0 Å². The van der Waals surface area contributed by atoms with Crippen molar-refractivity contribution < 1.29 is 28.7 Å². The average molecular weight is 639 g/mol. The van der Waals surface area contributed by atoms with Gasteiger partial charge in [0.05, 0.1) is 12.0 Å². The molecule has 0 unspecified atom stereocenters. The molecule has 3 rings (SSSR count). The molecule has 3 atom stereocenters. The molecule has 12 heteroatoms. The van der Waals surface area contributed by atoms with Gasteiger partial charge in [0.2, 0.25) is 17.6 Å². The molecule has 252 valence electrons. The molecule has 1 aromatic carbocycles. The molecule has 1 aliphatic carbocycles. The van der Waals surface area contributed by atoms with Crippen molar-refractivity contribution in [2.24, 2.45) is 24.3 Å². The summed E-state index contributed by atoms with van der Waals surface area (Å²) in [6.45, 7) is 10.9. The summed E-state index contributed by atoms with van der Waals surface area (Å²) >= 11 is 0. The van der Waals surface area contributed by atoms with Crippen LogP contribution in [0, 0.1) is 17.3 Å². The molecular formula is C34H50N6O6. The number of benzene rings is 1. The minimum absolute atomic E-state index is 0.0185. The lowest BCUT2D eigenvalue weighted by molar-refractivity contribution is -0.141. The van der Waals surface area contributed by atoms with Gasteiger partial charge in [0.1, 0.15) is 24.2 Å². The van der Waals surface area contributed by atoms with Gasteiger partial charge in [-0.05, 0) is 48.4 Å². The summed E-state index contributed by atoms with van der Waals surface area (Å²) in [6.07, 6.45) is 8.37. The number of imidazole rings is 1. The maximum atomic E-state index is 13.3. The van der Waals surface area contributed by atoms with E-state index in [1.54, 1.807) is 51.2 Å². The number of ether oxygens (including phenoxy) is 1. The van der Waals surface area contributed by atoms with Gasteiger partial charge in [-0.25, -0.2) is 4.98 Å². The molecule has 46 heavy (non-hydrogen) atoms. The van der Waals surface area contributed by atoms with Gasteiger partial charge in [-0.15, -0.1) is 0 Å². The van der Waals surface area contributed by atoms with Gasteiger partial charge >= 0.3 is 0 Å². The fourth-order valence-corrected chi connectivity index (χ4v) is 5.20. The molecule has 2 aromatic rings. The Morgan fingerprint density at radius 3 is 2.17 bits per heavy atom. The first-order valence-electron chi connectivity index (χ1n) is 16.1. The van der Waals surface area contributed by atoms with Crippen LogP contribution >= 0.6 is 0 Å². The number of aryl methyl sites for hydroxylation is 1. The smallest absolute Gasteiger partial charge is 0.289 e. The molecule has 4 amide bonds. The van der Waals surface area contributed by atoms with E-state index in [4.69, 9.17) is 4.74 Å².